The van der Waals surface area contributed by atoms with Gasteiger partial charge in [0.15, 0.2) is 0 Å². The van der Waals surface area contributed by atoms with Gasteiger partial charge in [-0.3, -0.25) is 0 Å². The third kappa shape index (κ3) is 4.66. The van der Waals surface area contributed by atoms with Gasteiger partial charge in [0.2, 0.25) is 0 Å². The van der Waals surface area contributed by atoms with Crippen LogP contribution in [0, 0.1) is 12.7 Å². The lowest BCUT2D eigenvalue weighted by molar-refractivity contribution is 0.147. The molecule has 0 fully saturated rings. The van der Waals surface area contributed by atoms with Crippen LogP contribution in [0.3, 0.4) is 0 Å². The molecule has 0 heterocycles. The first kappa shape index (κ1) is 15.7. The summed E-state index contributed by atoms with van der Waals surface area (Å²) in [5, 5.41) is 10.2. The van der Waals surface area contributed by atoms with Gasteiger partial charge in [-0.15, -0.1) is 0 Å². The number of aryl methyl sites for hydroxylation is 1. The van der Waals surface area contributed by atoms with E-state index in [-0.39, 0.29) is 5.82 Å². The van der Waals surface area contributed by atoms with Crippen molar-refractivity contribution in [3.63, 3.8) is 0 Å². The van der Waals surface area contributed by atoms with Crippen LogP contribution < -0.4 is 0 Å². The summed E-state index contributed by atoms with van der Waals surface area (Å²) >= 11 is 0. The normalized spacial score (nSPS) is 12.6. The van der Waals surface area contributed by atoms with E-state index in [9.17, 15) is 9.50 Å². The lowest BCUT2D eigenvalue weighted by atomic mass is 10.0. The second-order valence-corrected chi connectivity index (χ2v) is 5.54. The Balaban J connectivity index is 1.85. The highest BCUT2D eigenvalue weighted by molar-refractivity contribution is 5.25. The predicted octanol–water partition coefficient (Wildman–Crippen LogP) is 3.69. The van der Waals surface area contributed by atoms with Gasteiger partial charge in [-0.25, -0.2) is 4.39 Å². The van der Waals surface area contributed by atoms with E-state index in [0.717, 1.165) is 18.7 Å². The minimum Gasteiger partial charge on any atom is -0.388 e. The summed E-state index contributed by atoms with van der Waals surface area (Å²) in [6.07, 6.45) is 0.0801. The van der Waals surface area contributed by atoms with Crippen molar-refractivity contribution < 1.29 is 9.50 Å². The third-order valence-corrected chi connectivity index (χ3v) is 3.65. The van der Waals surface area contributed by atoms with E-state index in [1.807, 2.05) is 25.2 Å². The first-order valence-electron chi connectivity index (χ1n) is 7.23. The van der Waals surface area contributed by atoms with Crippen molar-refractivity contribution >= 4 is 0 Å². The summed E-state index contributed by atoms with van der Waals surface area (Å²) in [5.41, 5.74) is 2.61. The third-order valence-electron chi connectivity index (χ3n) is 3.65. The summed E-state index contributed by atoms with van der Waals surface area (Å²) < 4.78 is 13.2. The van der Waals surface area contributed by atoms with Crippen LogP contribution in [0.2, 0.25) is 0 Å². The maximum Gasteiger partial charge on any atom is 0.126 e. The zero-order valence-corrected chi connectivity index (χ0v) is 12.6. The molecule has 1 N–H and O–H groups in total. The van der Waals surface area contributed by atoms with Gasteiger partial charge in [0.05, 0.1) is 6.10 Å². The van der Waals surface area contributed by atoms with E-state index in [0.29, 0.717) is 12.0 Å². The summed E-state index contributed by atoms with van der Waals surface area (Å²) in [5.74, 6) is -0.229. The smallest absolute Gasteiger partial charge is 0.126 e. The fourth-order valence-electron chi connectivity index (χ4n) is 2.36. The molecule has 0 aromatic heterocycles. The molecule has 0 aliphatic heterocycles. The van der Waals surface area contributed by atoms with Crippen molar-refractivity contribution in [1.29, 1.82) is 0 Å². The van der Waals surface area contributed by atoms with E-state index in [4.69, 9.17) is 0 Å². The van der Waals surface area contributed by atoms with Gasteiger partial charge in [-0.05, 0) is 43.1 Å². The molecule has 3 heteroatoms. The van der Waals surface area contributed by atoms with Crippen molar-refractivity contribution in [3.8, 4) is 0 Å². The molecule has 2 aromatic carbocycles. The number of hydrogen-bond acceptors (Lipinski definition) is 2. The number of nitrogens with zero attached hydrogens (tertiary/aromatic N) is 1. The number of aliphatic hydroxyl groups is 1. The van der Waals surface area contributed by atoms with Crippen molar-refractivity contribution in [2.24, 2.45) is 0 Å². The minimum atomic E-state index is -0.553. The van der Waals surface area contributed by atoms with Crippen LogP contribution in [0.25, 0.3) is 0 Å². The summed E-state index contributed by atoms with van der Waals surface area (Å²) in [4.78, 5) is 2.18. The van der Waals surface area contributed by atoms with Crippen molar-refractivity contribution in [1.82, 2.24) is 4.90 Å². The van der Waals surface area contributed by atoms with Gasteiger partial charge in [-0.1, -0.05) is 42.5 Å². The summed E-state index contributed by atoms with van der Waals surface area (Å²) in [6.45, 7) is 3.36. The van der Waals surface area contributed by atoms with Crippen LogP contribution >= 0.6 is 0 Å². The molecular weight excluding hydrogens is 265 g/mol. The lowest BCUT2D eigenvalue weighted by Gasteiger charge is -2.19. The molecule has 0 saturated heterocycles. The van der Waals surface area contributed by atoms with Crippen molar-refractivity contribution in [3.05, 3.63) is 71.0 Å². The fraction of sp³-hybridized carbons (Fsp3) is 0.333. The van der Waals surface area contributed by atoms with Crippen LogP contribution in [0.1, 0.15) is 29.2 Å². The highest BCUT2D eigenvalue weighted by Gasteiger charge is 2.10. The molecule has 0 bridgehead atoms. The molecule has 2 rings (SSSR count). The van der Waals surface area contributed by atoms with Crippen LogP contribution in [0.4, 0.5) is 4.39 Å². The Morgan fingerprint density at radius 2 is 1.86 bits per heavy atom. The number of benzene rings is 2. The van der Waals surface area contributed by atoms with Crippen LogP contribution in [0.5, 0.6) is 0 Å². The van der Waals surface area contributed by atoms with Crippen LogP contribution in [0.15, 0.2) is 48.5 Å². The maximum absolute atomic E-state index is 13.2. The zero-order chi connectivity index (χ0) is 15.2. The van der Waals surface area contributed by atoms with Crippen LogP contribution in [-0.2, 0) is 6.54 Å². The quantitative estimate of drug-likeness (QED) is 0.876. The minimum absolute atomic E-state index is 0.229. The Bertz CT molecular complexity index is 571. The maximum atomic E-state index is 13.2. The topological polar surface area (TPSA) is 23.5 Å². The summed E-state index contributed by atoms with van der Waals surface area (Å²) in [7, 11) is 2.04. The highest BCUT2D eigenvalue weighted by Crippen LogP contribution is 2.20. The Kier molecular flexibility index (Phi) is 5.48. The van der Waals surface area contributed by atoms with Gasteiger partial charge >= 0.3 is 0 Å². The molecule has 1 unspecified atom stereocenters. The fourth-order valence-corrected chi connectivity index (χ4v) is 2.36. The SMILES string of the molecule is Cc1cc(C(O)CCN(C)Cc2ccccc2)ccc1F. The highest BCUT2D eigenvalue weighted by atomic mass is 19.1. The Morgan fingerprint density at radius 3 is 2.52 bits per heavy atom. The van der Waals surface area contributed by atoms with E-state index in [2.05, 4.69) is 17.0 Å². The number of aliphatic hydroxyl groups excluding tert-OH is 1. The van der Waals surface area contributed by atoms with E-state index in [1.54, 1.807) is 19.1 Å². The standard InChI is InChI=1S/C18H22FNO/c1-14-12-16(8-9-17(14)19)18(21)10-11-20(2)13-15-6-4-3-5-7-15/h3-9,12,18,21H,10-11,13H2,1-2H3. The molecule has 0 aliphatic rings. The van der Waals surface area contributed by atoms with Gasteiger partial charge in [0.25, 0.3) is 0 Å². The van der Waals surface area contributed by atoms with Crippen molar-refractivity contribution in [2.45, 2.75) is 26.0 Å². The Labute approximate surface area is 125 Å². The van der Waals surface area contributed by atoms with E-state index < -0.39 is 6.10 Å². The lowest BCUT2D eigenvalue weighted by Crippen LogP contribution is -2.21. The first-order valence-corrected chi connectivity index (χ1v) is 7.23. The average molecular weight is 287 g/mol. The predicted molar refractivity (Wildman–Crippen MR) is 83.5 cm³/mol. The molecule has 112 valence electrons. The molecule has 2 nitrogen and oxygen atoms in total. The van der Waals surface area contributed by atoms with Gasteiger partial charge in [0.1, 0.15) is 5.82 Å². The largest absolute Gasteiger partial charge is 0.388 e. The van der Waals surface area contributed by atoms with Crippen LogP contribution in [-0.4, -0.2) is 23.6 Å². The molecule has 1 atom stereocenters. The van der Waals surface area contributed by atoms with E-state index in [1.165, 1.54) is 11.6 Å². The average Bonchev–Trinajstić information content (AvgIpc) is 2.48. The van der Waals surface area contributed by atoms with Gasteiger partial charge in [0, 0.05) is 13.1 Å². The molecule has 2 aromatic rings. The first-order chi connectivity index (χ1) is 10.1. The van der Waals surface area contributed by atoms with Crippen molar-refractivity contribution in [2.75, 3.05) is 13.6 Å². The zero-order valence-electron chi connectivity index (χ0n) is 12.6. The molecule has 0 radical (unpaired) electrons. The second kappa shape index (κ2) is 7.34. The van der Waals surface area contributed by atoms with Gasteiger partial charge in [-0.2, -0.15) is 0 Å². The molecule has 0 aliphatic carbocycles. The van der Waals surface area contributed by atoms with Gasteiger partial charge < -0.3 is 10.0 Å². The Hall–Kier alpha value is -1.71. The second-order valence-electron chi connectivity index (χ2n) is 5.54. The van der Waals surface area contributed by atoms with E-state index >= 15 is 0 Å². The molecule has 0 amide bonds. The monoisotopic (exact) mass is 287 g/mol. The number of rotatable bonds is 6. The number of halogens is 1. The molecule has 21 heavy (non-hydrogen) atoms. The number of hydrogen-bond donors (Lipinski definition) is 1. The molecular formula is C18H22FNO. The molecule has 0 saturated carbocycles. The Morgan fingerprint density at radius 1 is 1.14 bits per heavy atom. The summed E-state index contributed by atoms with van der Waals surface area (Å²) in [6, 6.07) is 15.0. The molecule has 0 spiro atoms.